The number of nitrogens with zero attached hydrogens (tertiary/aromatic N) is 6. The van der Waals surface area contributed by atoms with Crippen LogP contribution in [0.2, 0.25) is 0 Å². The van der Waals surface area contributed by atoms with Crippen molar-refractivity contribution in [3.8, 4) is 22.6 Å². The van der Waals surface area contributed by atoms with Crippen molar-refractivity contribution in [3.05, 3.63) is 83.6 Å². The van der Waals surface area contributed by atoms with Crippen LogP contribution < -0.4 is 0 Å². The normalized spacial score (nSPS) is 15.1. The van der Waals surface area contributed by atoms with Crippen molar-refractivity contribution in [2.75, 3.05) is 0 Å². The number of rotatable bonds is 8. The number of aryl methyl sites for hydroxylation is 1. The molecule has 0 bridgehead atoms. The number of aliphatic hydroxyl groups excluding tert-OH is 2. The molecule has 2 atom stereocenters. The molecule has 6 aromatic rings. The summed E-state index contributed by atoms with van der Waals surface area (Å²) in [4.78, 5) is 18.3. The number of nitrogens with one attached hydrogen (secondary N) is 1. The molecule has 41 heavy (non-hydrogen) atoms. The Balaban J connectivity index is 1.37. The average molecular weight is 548 g/mol. The van der Waals surface area contributed by atoms with Gasteiger partial charge in [-0.3, -0.25) is 4.68 Å². The average Bonchev–Trinajstić information content (AvgIpc) is 3.44. The van der Waals surface area contributed by atoms with Crippen LogP contribution in [-0.2, 0) is 20.5 Å². The molecule has 1 aliphatic rings. The van der Waals surface area contributed by atoms with Gasteiger partial charge >= 0.3 is 0 Å². The molecule has 0 amide bonds. The molecule has 2 unspecified atom stereocenters. The topological polar surface area (TPSA) is 118 Å². The number of imidazole rings is 2. The molecule has 1 saturated carbocycles. The number of fused-ring (bicyclic) bond motifs is 2. The van der Waals surface area contributed by atoms with Crippen LogP contribution in [0.3, 0.4) is 0 Å². The highest BCUT2D eigenvalue weighted by atomic mass is 16.3. The van der Waals surface area contributed by atoms with Gasteiger partial charge in [-0.1, -0.05) is 49.4 Å². The van der Waals surface area contributed by atoms with E-state index in [9.17, 15) is 10.2 Å². The van der Waals surface area contributed by atoms with Crippen LogP contribution in [-0.4, -0.2) is 44.5 Å². The van der Waals surface area contributed by atoms with Crippen LogP contribution in [0, 0.1) is 0 Å². The van der Waals surface area contributed by atoms with Crippen molar-refractivity contribution in [2.24, 2.45) is 14.1 Å². The van der Waals surface area contributed by atoms with Crippen LogP contribution in [0.4, 0.5) is 0 Å². The first kappa shape index (κ1) is 25.6. The van der Waals surface area contributed by atoms with Gasteiger partial charge in [0.05, 0.1) is 28.5 Å². The van der Waals surface area contributed by atoms with Gasteiger partial charge in [-0.2, -0.15) is 5.10 Å². The fraction of sp³-hybridized carbons (Fsp3) is 0.312. The van der Waals surface area contributed by atoms with Crippen molar-refractivity contribution in [1.82, 2.24) is 34.3 Å². The molecule has 0 saturated heterocycles. The van der Waals surface area contributed by atoms with Gasteiger partial charge in [0.15, 0.2) is 5.65 Å². The first-order valence-corrected chi connectivity index (χ1v) is 14.2. The molecule has 3 N–H and O–H groups in total. The predicted octanol–water partition coefficient (Wildman–Crippen LogP) is 5.51. The largest absolute Gasteiger partial charge is 0.387 e. The zero-order chi connectivity index (χ0) is 28.2. The highest BCUT2D eigenvalue weighted by Crippen LogP contribution is 2.47. The summed E-state index contributed by atoms with van der Waals surface area (Å²) in [6.07, 6.45) is 3.67. The zero-order valence-corrected chi connectivity index (χ0v) is 23.4. The van der Waals surface area contributed by atoms with Gasteiger partial charge in [-0.25, -0.2) is 15.0 Å². The number of hydrogen-bond donors (Lipinski definition) is 3. The maximum atomic E-state index is 11.0. The number of pyridine rings is 1. The lowest BCUT2D eigenvalue weighted by molar-refractivity contribution is 0.169. The summed E-state index contributed by atoms with van der Waals surface area (Å²) >= 11 is 0. The zero-order valence-electron chi connectivity index (χ0n) is 23.4. The van der Waals surface area contributed by atoms with E-state index in [1.54, 1.807) is 4.68 Å². The molecule has 0 aliphatic heterocycles. The molecule has 2 aromatic carbocycles. The minimum atomic E-state index is -0.754. The Labute approximate surface area is 237 Å². The van der Waals surface area contributed by atoms with Crippen LogP contribution in [0.5, 0.6) is 0 Å². The van der Waals surface area contributed by atoms with E-state index in [2.05, 4.69) is 27.8 Å². The van der Waals surface area contributed by atoms with E-state index in [-0.39, 0.29) is 0 Å². The van der Waals surface area contributed by atoms with Crippen molar-refractivity contribution >= 4 is 22.1 Å². The Hall–Kier alpha value is -4.34. The summed E-state index contributed by atoms with van der Waals surface area (Å²) < 4.78 is 3.90. The van der Waals surface area contributed by atoms with Crippen LogP contribution >= 0.6 is 0 Å². The van der Waals surface area contributed by atoms with E-state index < -0.39 is 12.2 Å². The van der Waals surface area contributed by atoms with Gasteiger partial charge in [0.25, 0.3) is 0 Å². The van der Waals surface area contributed by atoms with Gasteiger partial charge in [-0.05, 0) is 37.0 Å². The standard InChI is InChI=1S/C32H33N7O2/c1-4-24(40)27-22(16-20-17-38(2)37-30(20)35-27)32-36-28(29(39(32)3)19-13-14-19)21-11-8-12-23-26(21)34-31(33-23)25(41)15-18-9-6-5-7-10-18/h5-12,16-17,19,24-25,40-41H,4,13-15H2,1-3H3,(H,33,34). The maximum Gasteiger partial charge on any atom is 0.181 e. The van der Waals surface area contributed by atoms with Crippen molar-refractivity contribution in [1.29, 1.82) is 0 Å². The van der Waals surface area contributed by atoms with Crippen molar-refractivity contribution < 1.29 is 10.2 Å². The third-order valence-electron chi connectivity index (χ3n) is 8.06. The van der Waals surface area contributed by atoms with Gasteiger partial charge in [0.2, 0.25) is 0 Å². The predicted molar refractivity (Wildman–Crippen MR) is 158 cm³/mol. The molecule has 9 heteroatoms. The Morgan fingerprint density at radius 3 is 2.51 bits per heavy atom. The van der Waals surface area contributed by atoms with E-state index in [1.807, 2.05) is 68.7 Å². The van der Waals surface area contributed by atoms with E-state index in [0.29, 0.717) is 35.9 Å². The molecular weight excluding hydrogens is 514 g/mol. The molecule has 208 valence electrons. The number of H-pyrrole nitrogens is 1. The summed E-state index contributed by atoms with van der Waals surface area (Å²) in [5.41, 5.74) is 7.67. The Morgan fingerprint density at radius 1 is 0.951 bits per heavy atom. The number of aliphatic hydroxyl groups is 2. The van der Waals surface area contributed by atoms with Gasteiger partial charge < -0.3 is 19.8 Å². The minimum absolute atomic E-state index is 0.406. The smallest absolute Gasteiger partial charge is 0.181 e. The number of aromatic nitrogens is 7. The number of hydrogen-bond acceptors (Lipinski definition) is 6. The molecule has 7 rings (SSSR count). The highest BCUT2D eigenvalue weighted by molar-refractivity contribution is 5.93. The summed E-state index contributed by atoms with van der Waals surface area (Å²) in [6, 6.07) is 18.0. The lowest BCUT2D eigenvalue weighted by Crippen LogP contribution is -2.06. The first-order chi connectivity index (χ1) is 19.9. The van der Waals surface area contributed by atoms with Gasteiger partial charge in [-0.15, -0.1) is 0 Å². The summed E-state index contributed by atoms with van der Waals surface area (Å²) in [5, 5.41) is 27.4. The van der Waals surface area contributed by atoms with E-state index in [0.717, 1.165) is 63.2 Å². The second-order valence-electron chi connectivity index (χ2n) is 11.1. The maximum absolute atomic E-state index is 11.0. The highest BCUT2D eigenvalue weighted by Gasteiger charge is 2.34. The molecule has 4 heterocycles. The molecule has 0 spiro atoms. The van der Waals surface area contributed by atoms with E-state index in [1.165, 1.54) is 0 Å². The fourth-order valence-electron chi connectivity index (χ4n) is 5.82. The van der Waals surface area contributed by atoms with Gasteiger partial charge in [0.1, 0.15) is 17.8 Å². The first-order valence-electron chi connectivity index (χ1n) is 14.2. The van der Waals surface area contributed by atoms with Crippen molar-refractivity contribution in [2.45, 2.75) is 50.7 Å². The van der Waals surface area contributed by atoms with E-state index in [4.69, 9.17) is 15.0 Å². The second-order valence-corrected chi connectivity index (χ2v) is 11.1. The molecule has 4 aromatic heterocycles. The van der Waals surface area contributed by atoms with Crippen LogP contribution in [0.15, 0.2) is 60.8 Å². The summed E-state index contributed by atoms with van der Waals surface area (Å²) in [5.74, 6) is 1.71. The lowest BCUT2D eigenvalue weighted by Gasteiger charge is -2.13. The van der Waals surface area contributed by atoms with Crippen LogP contribution in [0.25, 0.3) is 44.7 Å². The third kappa shape index (κ3) is 4.51. The molecule has 0 radical (unpaired) electrons. The van der Waals surface area contributed by atoms with Gasteiger partial charge in [0, 0.05) is 54.8 Å². The summed E-state index contributed by atoms with van der Waals surface area (Å²) in [6.45, 7) is 1.94. The molecular formula is C32H33N7O2. The summed E-state index contributed by atoms with van der Waals surface area (Å²) in [7, 11) is 3.92. The number of aromatic amines is 1. The minimum Gasteiger partial charge on any atom is -0.387 e. The quantitative estimate of drug-likeness (QED) is 0.231. The monoisotopic (exact) mass is 547 g/mol. The van der Waals surface area contributed by atoms with Crippen LogP contribution in [0.1, 0.15) is 67.1 Å². The Kier molecular flexibility index (Phi) is 6.21. The molecule has 1 aliphatic carbocycles. The Morgan fingerprint density at radius 2 is 1.76 bits per heavy atom. The van der Waals surface area contributed by atoms with Crippen molar-refractivity contribution in [3.63, 3.8) is 0 Å². The third-order valence-corrected chi connectivity index (χ3v) is 8.06. The second kappa shape index (κ2) is 9.94. The Bertz CT molecular complexity index is 1880. The number of benzene rings is 2. The SMILES string of the molecule is CCC(O)c1nc2nn(C)cc2cc1-c1nc(-c2cccc3[nH]c(C(O)Cc4ccccc4)nc23)c(C2CC2)n1C. The van der Waals surface area contributed by atoms with E-state index >= 15 is 0 Å². The fourth-order valence-corrected chi connectivity index (χ4v) is 5.82. The molecule has 9 nitrogen and oxygen atoms in total. The number of para-hydroxylation sites is 1. The lowest BCUT2D eigenvalue weighted by atomic mass is 10.1. The molecule has 1 fully saturated rings.